The van der Waals surface area contributed by atoms with E-state index in [1.807, 2.05) is 23.1 Å². The average molecular weight is 383 g/mol. The molecule has 2 aromatic rings. The highest BCUT2D eigenvalue weighted by Gasteiger charge is 2.28. The van der Waals surface area contributed by atoms with E-state index in [9.17, 15) is 4.79 Å². The van der Waals surface area contributed by atoms with Gasteiger partial charge in [0.25, 0.3) is 5.91 Å². The lowest BCUT2D eigenvalue weighted by Gasteiger charge is -2.32. The Morgan fingerprint density at radius 1 is 1.07 bits per heavy atom. The summed E-state index contributed by atoms with van der Waals surface area (Å²) in [6.45, 7) is 5.51. The molecule has 1 aliphatic rings. The first-order valence-electron chi connectivity index (χ1n) is 9.89. The van der Waals surface area contributed by atoms with Gasteiger partial charge < -0.3 is 19.1 Å². The Balaban J connectivity index is 1.93. The Labute approximate surface area is 167 Å². The predicted octanol–water partition coefficient (Wildman–Crippen LogP) is 4.78. The summed E-state index contributed by atoms with van der Waals surface area (Å²) >= 11 is 0. The van der Waals surface area contributed by atoms with E-state index in [1.165, 1.54) is 11.1 Å². The standard InChI is InChI=1S/C23H29NO4/c1-5-6-14-28-19-12-10-17(15-21(19)27-4)23(25)24-13-7-8-18-16(2)9-11-20(26-3)22(18)24/h9-12,15H,5-8,13-14H2,1-4H3. The van der Waals surface area contributed by atoms with Gasteiger partial charge in [-0.25, -0.2) is 0 Å². The highest BCUT2D eigenvalue weighted by molar-refractivity contribution is 6.08. The first-order valence-corrected chi connectivity index (χ1v) is 9.89. The van der Waals surface area contributed by atoms with E-state index in [0.717, 1.165) is 37.1 Å². The van der Waals surface area contributed by atoms with Crippen molar-refractivity contribution in [2.75, 3.05) is 32.3 Å². The lowest BCUT2D eigenvalue weighted by Crippen LogP contribution is -2.36. The molecular weight excluding hydrogens is 354 g/mol. The van der Waals surface area contributed by atoms with Crippen molar-refractivity contribution in [2.24, 2.45) is 0 Å². The molecule has 0 saturated carbocycles. The van der Waals surface area contributed by atoms with Gasteiger partial charge in [-0.05, 0) is 61.6 Å². The van der Waals surface area contributed by atoms with Gasteiger partial charge in [0.1, 0.15) is 5.75 Å². The summed E-state index contributed by atoms with van der Waals surface area (Å²) < 4.78 is 16.8. The molecule has 0 fully saturated rings. The largest absolute Gasteiger partial charge is 0.495 e. The van der Waals surface area contributed by atoms with Gasteiger partial charge in [0.05, 0.1) is 26.5 Å². The normalized spacial score (nSPS) is 13.1. The number of nitrogens with zero attached hydrogens (tertiary/aromatic N) is 1. The zero-order valence-electron chi connectivity index (χ0n) is 17.2. The van der Waals surface area contributed by atoms with Crippen LogP contribution in [-0.2, 0) is 6.42 Å². The van der Waals surface area contributed by atoms with Crippen LogP contribution in [0.5, 0.6) is 17.2 Å². The number of hydrogen-bond acceptors (Lipinski definition) is 4. The number of benzene rings is 2. The van der Waals surface area contributed by atoms with E-state index >= 15 is 0 Å². The molecule has 1 amide bonds. The van der Waals surface area contributed by atoms with E-state index in [-0.39, 0.29) is 5.91 Å². The van der Waals surface area contributed by atoms with Crippen molar-refractivity contribution in [3.8, 4) is 17.2 Å². The minimum Gasteiger partial charge on any atom is -0.495 e. The third-order valence-corrected chi connectivity index (χ3v) is 5.19. The molecule has 0 radical (unpaired) electrons. The van der Waals surface area contributed by atoms with Crippen LogP contribution in [0.25, 0.3) is 0 Å². The van der Waals surface area contributed by atoms with Crippen LogP contribution in [0.2, 0.25) is 0 Å². The molecule has 0 aliphatic carbocycles. The van der Waals surface area contributed by atoms with Gasteiger partial charge in [-0.2, -0.15) is 0 Å². The lowest BCUT2D eigenvalue weighted by atomic mass is 9.95. The van der Waals surface area contributed by atoms with Gasteiger partial charge in [-0.1, -0.05) is 19.4 Å². The number of amides is 1. The lowest BCUT2D eigenvalue weighted by molar-refractivity contribution is 0.0984. The van der Waals surface area contributed by atoms with E-state index < -0.39 is 0 Å². The number of fused-ring (bicyclic) bond motifs is 1. The van der Waals surface area contributed by atoms with Gasteiger partial charge in [0.15, 0.2) is 11.5 Å². The van der Waals surface area contributed by atoms with Crippen molar-refractivity contribution in [1.29, 1.82) is 0 Å². The molecule has 1 aliphatic heterocycles. The number of methoxy groups -OCH3 is 2. The van der Waals surface area contributed by atoms with Gasteiger partial charge >= 0.3 is 0 Å². The fraction of sp³-hybridized carbons (Fsp3) is 0.435. The number of hydrogen-bond donors (Lipinski definition) is 0. The number of unbranched alkanes of at least 4 members (excludes halogenated alkanes) is 1. The van der Waals surface area contributed by atoms with Gasteiger partial charge in [-0.15, -0.1) is 0 Å². The van der Waals surface area contributed by atoms with Crippen molar-refractivity contribution in [1.82, 2.24) is 0 Å². The third-order valence-electron chi connectivity index (χ3n) is 5.19. The fourth-order valence-electron chi connectivity index (χ4n) is 3.62. The molecule has 5 heteroatoms. The fourth-order valence-corrected chi connectivity index (χ4v) is 3.62. The Morgan fingerprint density at radius 3 is 2.54 bits per heavy atom. The molecule has 0 N–H and O–H groups in total. The minimum atomic E-state index is -0.0525. The SMILES string of the molecule is CCCCOc1ccc(C(=O)N2CCCc3c(C)ccc(OC)c32)cc1OC. The molecule has 0 atom stereocenters. The van der Waals surface area contributed by atoms with Crippen LogP contribution < -0.4 is 19.1 Å². The first kappa shape index (κ1) is 20.1. The summed E-state index contributed by atoms with van der Waals surface area (Å²) in [6.07, 6.45) is 3.93. The van der Waals surface area contributed by atoms with Gasteiger partial charge in [-0.3, -0.25) is 4.79 Å². The second kappa shape index (κ2) is 9.00. The van der Waals surface area contributed by atoms with Gasteiger partial charge in [0, 0.05) is 12.1 Å². The van der Waals surface area contributed by atoms with Crippen molar-refractivity contribution in [3.05, 3.63) is 47.0 Å². The third kappa shape index (κ3) is 3.93. The summed E-state index contributed by atoms with van der Waals surface area (Å²) in [4.78, 5) is 15.2. The number of anilines is 1. The molecule has 0 spiro atoms. The van der Waals surface area contributed by atoms with E-state index in [0.29, 0.717) is 30.2 Å². The second-order valence-corrected chi connectivity index (χ2v) is 7.04. The number of carbonyl (C=O) groups is 1. The molecule has 3 rings (SSSR count). The van der Waals surface area contributed by atoms with Gasteiger partial charge in [0.2, 0.25) is 0 Å². The minimum absolute atomic E-state index is 0.0525. The van der Waals surface area contributed by atoms with Crippen LogP contribution in [-0.4, -0.2) is 33.3 Å². The number of aryl methyl sites for hydroxylation is 1. The highest BCUT2D eigenvalue weighted by atomic mass is 16.5. The molecule has 0 unspecified atom stereocenters. The maximum absolute atomic E-state index is 13.4. The quantitative estimate of drug-likeness (QED) is 0.646. The number of carbonyl (C=O) groups excluding carboxylic acids is 1. The molecule has 2 aromatic carbocycles. The zero-order chi connectivity index (χ0) is 20.1. The Bertz CT molecular complexity index is 847. The molecule has 0 bridgehead atoms. The van der Waals surface area contributed by atoms with Crippen LogP contribution in [0.3, 0.4) is 0 Å². The highest BCUT2D eigenvalue weighted by Crippen LogP contribution is 2.39. The summed E-state index contributed by atoms with van der Waals surface area (Å²) in [6, 6.07) is 9.38. The van der Waals surface area contributed by atoms with Crippen molar-refractivity contribution in [2.45, 2.75) is 39.5 Å². The van der Waals surface area contributed by atoms with Crippen LogP contribution in [0.4, 0.5) is 5.69 Å². The molecular formula is C23H29NO4. The van der Waals surface area contributed by atoms with Crippen LogP contribution >= 0.6 is 0 Å². The average Bonchev–Trinajstić information content (AvgIpc) is 2.73. The molecule has 28 heavy (non-hydrogen) atoms. The monoisotopic (exact) mass is 383 g/mol. The van der Waals surface area contributed by atoms with Crippen molar-refractivity contribution < 1.29 is 19.0 Å². The second-order valence-electron chi connectivity index (χ2n) is 7.04. The Morgan fingerprint density at radius 2 is 1.82 bits per heavy atom. The number of rotatable bonds is 7. The molecule has 5 nitrogen and oxygen atoms in total. The Hall–Kier alpha value is -2.69. The maximum atomic E-state index is 13.4. The van der Waals surface area contributed by atoms with E-state index in [1.54, 1.807) is 20.3 Å². The molecule has 1 heterocycles. The van der Waals surface area contributed by atoms with E-state index in [4.69, 9.17) is 14.2 Å². The Kier molecular flexibility index (Phi) is 6.45. The van der Waals surface area contributed by atoms with Crippen molar-refractivity contribution in [3.63, 3.8) is 0 Å². The summed E-state index contributed by atoms with van der Waals surface area (Å²) in [5, 5.41) is 0. The summed E-state index contributed by atoms with van der Waals surface area (Å²) in [5.74, 6) is 1.93. The molecule has 0 saturated heterocycles. The smallest absolute Gasteiger partial charge is 0.258 e. The van der Waals surface area contributed by atoms with Crippen LogP contribution in [0.1, 0.15) is 47.7 Å². The zero-order valence-corrected chi connectivity index (χ0v) is 17.2. The van der Waals surface area contributed by atoms with Crippen molar-refractivity contribution >= 4 is 11.6 Å². The topological polar surface area (TPSA) is 48.0 Å². The molecule has 150 valence electrons. The van der Waals surface area contributed by atoms with E-state index in [2.05, 4.69) is 19.9 Å². The van der Waals surface area contributed by atoms with Crippen LogP contribution in [0.15, 0.2) is 30.3 Å². The first-order chi connectivity index (χ1) is 13.6. The van der Waals surface area contributed by atoms with Crippen LogP contribution in [0, 0.1) is 6.92 Å². The number of ether oxygens (including phenoxy) is 3. The predicted molar refractivity (Wildman–Crippen MR) is 111 cm³/mol. The molecule has 0 aromatic heterocycles. The summed E-state index contributed by atoms with van der Waals surface area (Å²) in [7, 11) is 3.24. The summed E-state index contributed by atoms with van der Waals surface area (Å²) in [5.41, 5.74) is 3.84. The maximum Gasteiger partial charge on any atom is 0.258 e.